The number of imide groups is 1. The van der Waals surface area contributed by atoms with Crippen LogP contribution in [0.1, 0.15) is 5.56 Å². The average molecular weight is 355 g/mol. The van der Waals surface area contributed by atoms with Crippen LogP contribution < -0.4 is 5.73 Å². The minimum atomic E-state index is -0.431. The van der Waals surface area contributed by atoms with Crippen molar-refractivity contribution in [2.45, 2.75) is 6.42 Å². The minimum absolute atomic E-state index is 0. The van der Waals surface area contributed by atoms with E-state index in [1.165, 1.54) is 11.9 Å². The van der Waals surface area contributed by atoms with Crippen molar-refractivity contribution in [1.82, 2.24) is 14.7 Å². The first kappa shape index (κ1) is 19.9. The number of urea groups is 1. The summed E-state index contributed by atoms with van der Waals surface area (Å²) in [6, 6.07) is 9.39. The van der Waals surface area contributed by atoms with E-state index in [2.05, 4.69) is 0 Å². The van der Waals surface area contributed by atoms with Gasteiger partial charge < -0.3 is 15.5 Å². The molecule has 0 saturated carbocycles. The van der Waals surface area contributed by atoms with E-state index >= 15 is 0 Å². The van der Waals surface area contributed by atoms with E-state index in [4.69, 9.17) is 5.73 Å². The molecule has 1 aromatic carbocycles. The normalized spacial score (nSPS) is 13.9. The van der Waals surface area contributed by atoms with Gasteiger partial charge in [0, 0.05) is 26.7 Å². The second kappa shape index (κ2) is 9.24. The van der Waals surface area contributed by atoms with Crippen molar-refractivity contribution in [2.75, 3.05) is 39.8 Å². The Morgan fingerprint density at radius 3 is 2.42 bits per heavy atom. The summed E-state index contributed by atoms with van der Waals surface area (Å²) in [4.78, 5) is 39.9. The molecule has 1 aromatic rings. The zero-order chi connectivity index (χ0) is 16.8. The standard InChI is InChI=1S/C16H22N4O3.ClH/c1-18-11-15(22)20(16(18)23)12-14(21)19(10-8-17)9-7-13-5-3-2-4-6-13;/h2-6H,7-12,17H2,1H3;1H. The molecule has 2 N–H and O–H groups in total. The Morgan fingerprint density at radius 1 is 1.21 bits per heavy atom. The van der Waals surface area contributed by atoms with Crippen LogP contribution in [-0.4, -0.2) is 72.3 Å². The van der Waals surface area contributed by atoms with Crippen LogP contribution in [0.25, 0.3) is 0 Å². The summed E-state index contributed by atoms with van der Waals surface area (Å²) in [5, 5.41) is 0. The van der Waals surface area contributed by atoms with Gasteiger partial charge in [0.05, 0.1) is 0 Å². The molecule has 0 unspecified atom stereocenters. The minimum Gasteiger partial charge on any atom is -0.340 e. The lowest BCUT2D eigenvalue weighted by molar-refractivity contribution is -0.136. The molecule has 0 radical (unpaired) electrons. The van der Waals surface area contributed by atoms with Gasteiger partial charge in [0.15, 0.2) is 0 Å². The van der Waals surface area contributed by atoms with Crippen molar-refractivity contribution in [1.29, 1.82) is 0 Å². The van der Waals surface area contributed by atoms with Crippen molar-refractivity contribution in [3.63, 3.8) is 0 Å². The predicted octanol–water partition coefficient (Wildman–Crippen LogP) is 0.332. The molecule has 2 rings (SSSR count). The van der Waals surface area contributed by atoms with Gasteiger partial charge in [-0.1, -0.05) is 30.3 Å². The molecule has 7 nitrogen and oxygen atoms in total. The zero-order valence-corrected chi connectivity index (χ0v) is 14.5. The molecule has 0 atom stereocenters. The van der Waals surface area contributed by atoms with Crippen LogP contribution in [0.15, 0.2) is 30.3 Å². The number of hydrogen-bond acceptors (Lipinski definition) is 4. The first-order chi connectivity index (χ1) is 11.0. The molecule has 0 spiro atoms. The molecule has 1 aliphatic heterocycles. The molecule has 4 amide bonds. The molecule has 1 heterocycles. The average Bonchev–Trinajstić information content (AvgIpc) is 2.78. The molecule has 1 aliphatic rings. The van der Waals surface area contributed by atoms with Gasteiger partial charge in [0.25, 0.3) is 5.91 Å². The molecule has 24 heavy (non-hydrogen) atoms. The lowest BCUT2D eigenvalue weighted by Gasteiger charge is -2.24. The van der Waals surface area contributed by atoms with Crippen LogP contribution in [0.3, 0.4) is 0 Å². The van der Waals surface area contributed by atoms with Crippen molar-refractivity contribution in [2.24, 2.45) is 5.73 Å². The molecule has 0 bridgehead atoms. The van der Waals surface area contributed by atoms with Crippen molar-refractivity contribution >= 4 is 30.3 Å². The summed E-state index contributed by atoms with van der Waals surface area (Å²) in [7, 11) is 1.54. The highest BCUT2D eigenvalue weighted by molar-refractivity contribution is 6.04. The molecule has 1 saturated heterocycles. The van der Waals surface area contributed by atoms with Crippen LogP contribution in [-0.2, 0) is 16.0 Å². The molecule has 0 aromatic heterocycles. The van der Waals surface area contributed by atoms with Gasteiger partial charge in [-0.2, -0.15) is 0 Å². The number of carbonyl (C=O) groups is 3. The van der Waals surface area contributed by atoms with E-state index in [0.29, 0.717) is 26.1 Å². The third-order valence-corrected chi connectivity index (χ3v) is 3.79. The highest BCUT2D eigenvalue weighted by Crippen LogP contribution is 2.09. The number of nitrogens with zero attached hydrogens (tertiary/aromatic N) is 3. The number of carbonyl (C=O) groups excluding carboxylic acids is 3. The maximum Gasteiger partial charge on any atom is 0.327 e. The zero-order valence-electron chi connectivity index (χ0n) is 13.7. The number of nitrogens with two attached hydrogens (primary N) is 1. The lowest BCUT2D eigenvalue weighted by Crippen LogP contribution is -2.45. The van der Waals surface area contributed by atoms with Gasteiger partial charge in [-0.3, -0.25) is 14.5 Å². The fourth-order valence-electron chi connectivity index (χ4n) is 2.49. The monoisotopic (exact) mass is 354 g/mol. The summed E-state index contributed by atoms with van der Waals surface area (Å²) < 4.78 is 0. The molecular weight excluding hydrogens is 332 g/mol. The Hall–Kier alpha value is -2.12. The molecule has 1 fully saturated rings. The third kappa shape index (κ3) is 4.94. The second-order valence-electron chi connectivity index (χ2n) is 5.52. The Morgan fingerprint density at radius 2 is 1.88 bits per heavy atom. The van der Waals surface area contributed by atoms with Crippen LogP contribution in [0.4, 0.5) is 4.79 Å². The third-order valence-electron chi connectivity index (χ3n) is 3.79. The maximum atomic E-state index is 12.4. The SMILES string of the molecule is CN1CC(=O)N(CC(=O)N(CCN)CCc2ccccc2)C1=O.Cl. The predicted molar refractivity (Wildman–Crippen MR) is 92.8 cm³/mol. The van der Waals surface area contributed by atoms with E-state index in [9.17, 15) is 14.4 Å². The van der Waals surface area contributed by atoms with E-state index < -0.39 is 6.03 Å². The van der Waals surface area contributed by atoms with E-state index in [0.717, 1.165) is 10.5 Å². The van der Waals surface area contributed by atoms with Gasteiger partial charge in [0.1, 0.15) is 13.1 Å². The Bertz CT molecular complexity index is 582. The quantitative estimate of drug-likeness (QED) is 0.715. The van der Waals surface area contributed by atoms with Crippen LogP contribution in [0, 0.1) is 0 Å². The summed E-state index contributed by atoms with van der Waals surface area (Å²) in [6.07, 6.45) is 0.703. The molecule has 132 valence electrons. The summed E-state index contributed by atoms with van der Waals surface area (Å²) in [6.45, 7) is 1.04. The Balaban J connectivity index is 0.00000288. The van der Waals surface area contributed by atoms with Crippen LogP contribution in [0.2, 0.25) is 0 Å². The van der Waals surface area contributed by atoms with Gasteiger partial charge in [-0.15, -0.1) is 12.4 Å². The summed E-state index contributed by atoms with van der Waals surface area (Å²) >= 11 is 0. The lowest BCUT2D eigenvalue weighted by atomic mass is 10.1. The first-order valence-corrected chi connectivity index (χ1v) is 7.60. The smallest absolute Gasteiger partial charge is 0.327 e. The van der Waals surface area contributed by atoms with Crippen molar-refractivity contribution in [3.8, 4) is 0 Å². The van der Waals surface area contributed by atoms with Crippen LogP contribution in [0.5, 0.6) is 0 Å². The number of amides is 4. The molecule has 8 heteroatoms. The largest absolute Gasteiger partial charge is 0.340 e. The summed E-state index contributed by atoms with van der Waals surface area (Å²) in [5.74, 6) is -0.606. The fraction of sp³-hybridized carbons (Fsp3) is 0.438. The topological polar surface area (TPSA) is 87.0 Å². The number of benzene rings is 1. The molecular formula is C16H23ClN4O3. The number of hydrogen-bond donors (Lipinski definition) is 1. The first-order valence-electron chi connectivity index (χ1n) is 7.60. The number of halogens is 1. The van der Waals surface area contributed by atoms with Crippen LogP contribution >= 0.6 is 12.4 Å². The van der Waals surface area contributed by atoms with Gasteiger partial charge >= 0.3 is 6.03 Å². The maximum absolute atomic E-state index is 12.4. The van der Waals surface area contributed by atoms with Gasteiger partial charge in [-0.25, -0.2) is 4.79 Å². The van der Waals surface area contributed by atoms with Gasteiger partial charge in [-0.05, 0) is 12.0 Å². The van der Waals surface area contributed by atoms with E-state index in [-0.39, 0.29) is 37.3 Å². The Labute approximate surface area is 147 Å². The summed E-state index contributed by atoms with van der Waals surface area (Å²) in [5.41, 5.74) is 6.69. The highest BCUT2D eigenvalue weighted by atomic mass is 35.5. The Kier molecular flexibility index (Phi) is 7.67. The van der Waals surface area contributed by atoms with E-state index in [1.54, 1.807) is 4.90 Å². The van der Waals surface area contributed by atoms with E-state index in [1.807, 2.05) is 30.3 Å². The number of rotatable bonds is 7. The van der Waals surface area contributed by atoms with Crippen molar-refractivity contribution < 1.29 is 14.4 Å². The number of likely N-dealkylation sites (N-methyl/N-ethyl adjacent to an activating group) is 1. The van der Waals surface area contributed by atoms with Gasteiger partial charge in [0.2, 0.25) is 5.91 Å². The van der Waals surface area contributed by atoms with Crippen molar-refractivity contribution in [3.05, 3.63) is 35.9 Å². The fourth-order valence-corrected chi connectivity index (χ4v) is 2.49. The highest BCUT2D eigenvalue weighted by Gasteiger charge is 2.35. The molecule has 0 aliphatic carbocycles. The second-order valence-corrected chi connectivity index (χ2v) is 5.52.